The minimum Gasteiger partial charge on any atom is -0.456 e. The molecule has 2 aromatic rings. The summed E-state index contributed by atoms with van der Waals surface area (Å²) < 4.78 is 10.6. The normalized spacial score (nSPS) is 19.5. The number of nitrogens with zero attached hydrogens (tertiary/aromatic N) is 3. The molecule has 2 aliphatic heterocycles. The summed E-state index contributed by atoms with van der Waals surface area (Å²) in [5.74, 6) is 0.791. The Labute approximate surface area is 160 Å². The van der Waals surface area contributed by atoms with E-state index in [0.717, 1.165) is 17.7 Å². The standard InChI is InChI=1S/C18H20N4O4S/c1-3-10(4-2)16-19-13(21-26-16)8-22-11-9-25-17(23)14(11)15(20-18(22)24)12-6-5-7-27-12/h5-7,10,15H,3-4,8-9H2,1-2H3,(H,20,24)/t15-/m0/s1. The number of nitrogens with one attached hydrogen (secondary N) is 1. The van der Waals surface area contributed by atoms with Crippen LogP contribution in [-0.4, -0.2) is 33.6 Å². The number of aromatic nitrogens is 2. The minimum absolute atomic E-state index is 0.0702. The summed E-state index contributed by atoms with van der Waals surface area (Å²) in [7, 11) is 0. The molecule has 27 heavy (non-hydrogen) atoms. The van der Waals surface area contributed by atoms with Crippen molar-refractivity contribution < 1.29 is 18.8 Å². The van der Waals surface area contributed by atoms with Crippen molar-refractivity contribution in [3.8, 4) is 0 Å². The van der Waals surface area contributed by atoms with Crippen LogP contribution in [0.2, 0.25) is 0 Å². The number of hydrogen-bond donors (Lipinski definition) is 1. The molecule has 4 heterocycles. The summed E-state index contributed by atoms with van der Waals surface area (Å²) in [5, 5.41) is 8.81. The molecule has 1 atom stereocenters. The van der Waals surface area contributed by atoms with Crippen molar-refractivity contribution in [2.75, 3.05) is 6.61 Å². The second kappa shape index (κ2) is 7.15. The maximum Gasteiger partial charge on any atom is 0.338 e. The predicted octanol–water partition coefficient (Wildman–Crippen LogP) is 3.11. The average molecular weight is 388 g/mol. The van der Waals surface area contributed by atoms with E-state index in [-0.39, 0.29) is 25.1 Å². The maximum absolute atomic E-state index is 12.7. The highest BCUT2D eigenvalue weighted by Gasteiger charge is 2.43. The molecule has 2 amide bonds. The molecule has 0 unspecified atom stereocenters. The molecule has 0 radical (unpaired) electrons. The van der Waals surface area contributed by atoms with Crippen molar-refractivity contribution >= 4 is 23.3 Å². The molecular formula is C18H20N4O4S. The summed E-state index contributed by atoms with van der Waals surface area (Å²) in [5.41, 5.74) is 1.04. The first kappa shape index (κ1) is 17.7. The molecule has 8 nitrogen and oxygen atoms in total. The second-order valence-electron chi connectivity index (χ2n) is 6.48. The first-order chi connectivity index (χ1) is 13.1. The maximum atomic E-state index is 12.7. The van der Waals surface area contributed by atoms with Gasteiger partial charge in [0, 0.05) is 10.8 Å². The number of ether oxygens (including phenoxy) is 1. The van der Waals surface area contributed by atoms with E-state index < -0.39 is 12.0 Å². The zero-order valence-electron chi connectivity index (χ0n) is 15.1. The third kappa shape index (κ3) is 3.12. The molecular weight excluding hydrogens is 368 g/mol. The van der Waals surface area contributed by atoms with Crippen molar-refractivity contribution in [1.29, 1.82) is 0 Å². The number of cyclic esters (lactones) is 1. The van der Waals surface area contributed by atoms with Gasteiger partial charge >= 0.3 is 12.0 Å². The van der Waals surface area contributed by atoms with Gasteiger partial charge in [0.05, 0.1) is 23.9 Å². The van der Waals surface area contributed by atoms with Gasteiger partial charge < -0.3 is 14.6 Å². The Morgan fingerprint density at radius 2 is 2.19 bits per heavy atom. The second-order valence-corrected chi connectivity index (χ2v) is 7.46. The zero-order valence-corrected chi connectivity index (χ0v) is 15.9. The fraction of sp³-hybridized carbons (Fsp3) is 0.444. The smallest absolute Gasteiger partial charge is 0.338 e. The summed E-state index contributed by atoms with van der Waals surface area (Å²) in [4.78, 5) is 31.8. The number of carbonyl (C=O) groups excluding carboxylic acids is 2. The lowest BCUT2D eigenvalue weighted by atomic mass is 10.0. The number of thiophene rings is 1. The van der Waals surface area contributed by atoms with Gasteiger partial charge in [-0.3, -0.25) is 4.90 Å². The molecule has 0 saturated heterocycles. The minimum atomic E-state index is -0.482. The van der Waals surface area contributed by atoms with Crippen LogP contribution in [0.1, 0.15) is 55.2 Å². The molecule has 9 heteroatoms. The van der Waals surface area contributed by atoms with Gasteiger partial charge in [0.15, 0.2) is 5.82 Å². The van der Waals surface area contributed by atoms with Gasteiger partial charge in [-0.15, -0.1) is 11.3 Å². The number of rotatable bonds is 6. The third-order valence-corrected chi connectivity index (χ3v) is 5.88. The molecule has 0 saturated carbocycles. The van der Waals surface area contributed by atoms with E-state index in [0.29, 0.717) is 23.0 Å². The van der Waals surface area contributed by atoms with Crippen molar-refractivity contribution in [1.82, 2.24) is 20.4 Å². The highest BCUT2D eigenvalue weighted by atomic mass is 32.1. The van der Waals surface area contributed by atoms with Crippen molar-refractivity contribution in [3.05, 3.63) is 45.4 Å². The van der Waals surface area contributed by atoms with E-state index in [1.165, 1.54) is 16.2 Å². The lowest BCUT2D eigenvalue weighted by molar-refractivity contribution is -0.136. The molecule has 2 aromatic heterocycles. The van der Waals surface area contributed by atoms with Crippen LogP contribution in [0, 0.1) is 0 Å². The summed E-state index contributed by atoms with van der Waals surface area (Å²) >= 11 is 1.48. The SMILES string of the molecule is CCC(CC)c1nc(CN2C(=O)N[C@@H](c3cccs3)C3=C2COC3=O)no1. The van der Waals surface area contributed by atoms with Crippen LogP contribution in [0.4, 0.5) is 4.79 Å². The summed E-state index contributed by atoms with van der Waals surface area (Å²) in [6.45, 7) is 4.33. The van der Waals surface area contributed by atoms with Crippen molar-refractivity contribution in [3.63, 3.8) is 0 Å². The topological polar surface area (TPSA) is 97.6 Å². The van der Waals surface area contributed by atoms with Gasteiger partial charge in [0.1, 0.15) is 6.61 Å². The van der Waals surface area contributed by atoms with Crippen LogP contribution >= 0.6 is 11.3 Å². The van der Waals surface area contributed by atoms with Crippen molar-refractivity contribution in [2.45, 2.75) is 45.2 Å². The van der Waals surface area contributed by atoms with Gasteiger partial charge in [0.25, 0.3) is 0 Å². The molecule has 1 N–H and O–H groups in total. The van der Waals surface area contributed by atoms with Crippen LogP contribution in [0.25, 0.3) is 0 Å². The molecule has 0 spiro atoms. The zero-order chi connectivity index (χ0) is 19.0. The lowest BCUT2D eigenvalue weighted by Gasteiger charge is -2.31. The number of carbonyl (C=O) groups is 2. The van der Waals surface area contributed by atoms with E-state index in [1.807, 2.05) is 17.5 Å². The number of amides is 2. The van der Waals surface area contributed by atoms with Gasteiger partial charge in [-0.2, -0.15) is 4.98 Å². The number of hydrogen-bond acceptors (Lipinski definition) is 7. The molecule has 0 fully saturated rings. The fourth-order valence-corrected chi connectivity index (χ4v) is 4.21. The van der Waals surface area contributed by atoms with Crippen LogP contribution < -0.4 is 5.32 Å². The van der Waals surface area contributed by atoms with E-state index in [9.17, 15) is 9.59 Å². The van der Waals surface area contributed by atoms with E-state index in [1.54, 1.807) is 0 Å². The fourth-order valence-electron chi connectivity index (χ4n) is 3.42. The average Bonchev–Trinajstić information content (AvgIpc) is 3.40. The van der Waals surface area contributed by atoms with E-state index in [4.69, 9.17) is 9.26 Å². The Morgan fingerprint density at radius 1 is 1.37 bits per heavy atom. The Balaban J connectivity index is 1.63. The molecule has 142 valence electrons. The van der Waals surface area contributed by atoms with Gasteiger partial charge in [0.2, 0.25) is 5.89 Å². The molecule has 2 aliphatic rings. The number of urea groups is 1. The number of esters is 1. The Bertz CT molecular complexity index is 885. The molecule has 4 rings (SSSR count). The highest BCUT2D eigenvalue weighted by Crippen LogP contribution is 2.37. The monoisotopic (exact) mass is 388 g/mol. The quantitative estimate of drug-likeness (QED) is 0.764. The first-order valence-corrected chi connectivity index (χ1v) is 9.84. The largest absolute Gasteiger partial charge is 0.456 e. The van der Waals surface area contributed by atoms with Gasteiger partial charge in [-0.25, -0.2) is 9.59 Å². The Morgan fingerprint density at radius 3 is 2.89 bits per heavy atom. The van der Waals surface area contributed by atoms with Crippen LogP contribution in [-0.2, 0) is 16.1 Å². The molecule has 0 aliphatic carbocycles. The van der Waals surface area contributed by atoms with E-state index >= 15 is 0 Å². The van der Waals surface area contributed by atoms with Gasteiger partial charge in [-0.1, -0.05) is 25.1 Å². The van der Waals surface area contributed by atoms with Crippen LogP contribution in [0.15, 0.2) is 33.3 Å². The summed E-state index contributed by atoms with van der Waals surface area (Å²) in [6.07, 6.45) is 1.81. The van der Waals surface area contributed by atoms with Crippen LogP contribution in [0.3, 0.4) is 0 Å². The first-order valence-electron chi connectivity index (χ1n) is 8.96. The summed E-state index contributed by atoms with van der Waals surface area (Å²) in [6, 6.07) is 2.99. The highest BCUT2D eigenvalue weighted by molar-refractivity contribution is 7.10. The predicted molar refractivity (Wildman–Crippen MR) is 96.7 cm³/mol. The van der Waals surface area contributed by atoms with E-state index in [2.05, 4.69) is 29.3 Å². The molecule has 0 aromatic carbocycles. The van der Waals surface area contributed by atoms with Gasteiger partial charge in [-0.05, 0) is 24.3 Å². The Kier molecular flexibility index (Phi) is 4.69. The molecule has 0 bridgehead atoms. The lowest BCUT2D eigenvalue weighted by Crippen LogP contribution is -2.46. The van der Waals surface area contributed by atoms with Crippen molar-refractivity contribution in [2.24, 2.45) is 0 Å². The van der Waals surface area contributed by atoms with Crippen LogP contribution in [0.5, 0.6) is 0 Å². The Hall–Kier alpha value is -2.68. The third-order valence-electron chi connectivity index (χ3n) is 4.94.